The molecule has 0 aliphatic rings. The van der Waals surface area contributed by atoms with E-state index in [0.717, 1.165) is 0 Å². The van der Waals surface area contributed by atoms with Crippen molar-refractivity contribution < 1.29 is 49.2 Å². The zero-order valence-electron chi connectivity index (χ0n) is 27.0. The molecule has 0 aliphatic carbocycles. The molecule has 0 unspecified atom stereocenters. The van der Waals surface area contributed by atoms with Gasteiger partial charge >= 0.3 is 5.97 Å². The molecule has 0 fully saturated rings. The van der Waals surface area contributed by atoms with Gasteiger partial charge in [-0.15, -0.1) is 0 Å². The van der Waals surface area contributed by atoms with Crippen molar-refractivity contribution in [2.75, 3.05) is 6.54 Å². The van der Waals surface area contributed by atoms with E-state index in [4.69, 9.17) is 17.2 Å². The van der Waals surface area contributed by atoms with Gasteiger partial charge in [0, 0.05) is 6.54 Å². The predicted molar refractivity (Wildman–Crippen MR) is 165 cm³/mol. The van der Waals surface area contributed by atoms with Gasteiger partial charge in [0.05, 0.1) is 18.3 Å². The number of nitrogens with one attached hydrogen (secondary N) is 5. The van der Waals surface area contributed by atoms with Crippen LogP contribution >= 0.6 is 0 Å². The predicted octanol–water partition coefficient (Wildman–Crippen LogP) is -4.92. The van der Waals surface area contributed by atoms with E-state index < -0.39 is 90.1 Å². The number of hydrogen-bond donors (Lipinski definition) is 12. The van der Waals surface area contributed by atoms with Crippen LogP contribution in [0.25, 0.3) is 0 Å². The lowest BCUT2D eigenvalue weighted by atomic mass is 10.0. The summed E-state index contributed by atoms with van der Waals surface area (Å²) in [6, 6.07) is -8.48. The van der Waals surface area contributed by atoms with Crippen molar-refractivity contribution >= 4 is 41.5 Å². The number of amides is 5. The molecule has 0 aromatic heterocycles. The fourth-order valence-electron chi connectivity index (χ4n) is 3.92. The Kier molecular flexibility index (Phi) is 18.4. The number of nitrogens with zero attached hydrogens (tertiary/aromatic N) is 1. The fraction of sp³-hybridized carbons (Fsp3) is 0.741. The van der Waals surface area contributed by atoms with Gasteiger partial charge in [-0.25, -0.2) is 4.79 Å². The first kappa shape index (κ1) is 41.9. The summed E-state index contributed by atoms with van der Waals surface area (Å²) in [5.41, 5.74) is 16.0. The molecule has 9 atom stereocenters. The Balaban J connectivity index is 5.73. The van der Waals surface area contributed by atoms with Crippen molar-refractivity contribution in [3.8, 4) is 0 Å². The highest BCUT2D eigenvalue weighted by molar-refractivity contribution is 5.96. The number of aliphatic hydroxyl groups is 3. The van der Waals surface area contributed by atoms with Crippen LogP contribution < -0.4 is 43.8 Å². The van der Waals surface area contributed by atoms with E-state index in [1.807, 2.05) is 0 Å². The number of carbonyl (C=O) groups excluding carboxylic acids is 5. The average molecular weight is 662 g/mol. The maximum absolute atomic E-state index is 13.3. The number of hydrogen-bond acceptors (Lipinski definition) is 11. The summed E-state index contributed by atoms with van der Waals surface area (Å²) in [6.45, 7) is 8.56. The molecule has 15 N–H and O–H groups in total. The van der Waals surface area contributed by atoms with Crippen molar-refractivity contribution in [2.24, 2.45) is 28.1 Å². The summed E-state index contributed by atoms with van der Waals surface area (Å²) in [4.78, 5) is 79.6. The van der Waals surface area contributed by atoms with E-state index in [0.29, 0.717) is 0 Å². The van der Waals surface area contributed by atoms with Crippen molar-refractivity contribution in [1.82, 2.24) is 26.6 Å². The lowest BCUT2D eigenvalue weighted by Crippen LogP contribution is -2.62. The van der Waals surface area contributed by atoms with E-state index in [-0.39, 0.29) is 37.7 Å². The van der Waals surface area contributed by atoms with Crippen LogP contribution in [0.1, 0.15) is 60.8 Å². The normalized spacial score (nSPS) is 17.0. The Morgan fingerprint density at radius 3 is 1.54 bits per heavy atom. The quantitative estimate of drug-likeness (QED) is 0.0331. The molecule has 0 rings (SSSR count). The number of nitrogens with two attached hydrogens (primary N) is 3. The molecule has 0 spiro atoms. The molecule has 19 heteroatoms. The molecule has 0 radical (unpaired) electrons. The van der Waals surface area contributed by atoms with Crippen molar-refractivity contribution in [2.45, 2.75) is 115 Å². The number of aliphatic carboxylic acids is 1. The van der Waals surface area contributed by atoms with Gasteiger partial charge in [0.15, 0.2) is 5.96 Å². The Bertz CT molecular complexity index is 1080. The molecule has 5 amide bonds. The minimum Gasteiger partial charge on any atom is -0.480 e. The molecule has 19 nitrogen and oxygen atoms in total. The van der Waals surface area contributed by atoms with Gasteiger partial charge in [-0.05, 0) is 52.9 Å². The Labute approximate surface area is 267 Å². The molecular weight excluding hydrogens is 610 g/mol. The minimum atomic E-state index is -1.62. The number of carbonyl (C=O) groups is 6. The molecule has 0 saturated carbocycles. The van der Waals surface area contributed by atoms with Crippen molar-refractivity contribution in [3.63, 3.8) is 0 Å². The molecule has 0 aliphatic heterocycles. The van der Waals surface area contributed by atoms with Crippen LogP contribution in [0.3, 0.4) is 0 Å². The number of aliphatic imine (C=N–C) groups is 1. The molecule has 0 saturated heterocycles. The van der Waals surface area contributed by atoms with E-state index in [2.05, 4.69) is 31.6 Å². The van der Waals surface area contributed by atoms with E-state index in [9.17, 15) is 49.2 Å². The van der Waals surface area contributed by atoms with Crippen LogP contribution in [0.4, 0.5) is 0 Å². The Morgan fingerprint density at radius 2 is 1.13 bits per heavy atom. The fourth-order valence-corrected chi connectivity index (χ4v) is 3.92. The molecule has 0 bridgehead atoms. The molecule has 46 heavy (non-hydrogen) atoms. The van der Waals surface area contributed by atoms with Crippen LogP contribution in [0, 0.1) is 5.92 Å². The highest BCUT2D eigenvalue weighted by Crippen LogP contribution is 2.09. The monoisotopic (exact) mass is 661 g/mol. The summed E-state index contributed by atoms with van der Waals surface area (Å²) >= 11 is 0. The molecule has 0 aromatic rings. The highest BCUT2D eigenvalue weighted by Gasteiger charge is 2.35. The first-order chi connectivity index (χ1) is 21.2. The Hall–Kier alpha value is -4.07. The number of carboxylic acids is 1. The third-order valence-corrected chi connectivity index (χ3v) is 6.60. The van der Waals surface area contributed by atoms with E-state index >= 15 is 0 Å². The summed E-state index contributed by atoms with van der Waals surface area (Å²) in [6.07, 6.45) is -3.99. The SMILES string of the molecule is CC(C)C[C@H](NC(=O)[C@@H](NC(=O)[C@H](C)NC(=O)[C@@H](N)[C@@H](C)O)[C@@H](C)O)C(=O)N[C@H](C(=O)N[C@@H](CCCN=C(N)N)C(=O)O)[C@@H](C)O. The molecule has 0 heterocycles. The second-order valence-corrected chi connectivity index (χ2v) is 11.5. The van der Waals surface area contributed by atoms with Crippen LogP contribution in [0.2, 0.25) is 0 Å². The second-order valence-electron chi connectivity index (χ2n) is 11.5. The molecule has 264 valence electrons. The van der Waals surface area contributed by atoms with Crippen molar-refractivity contribution in [1.29, 1.82) is 0 Å². The first-order valence-corrected chi connectivity index (χ1v) is 14.8. The number of rotatable bonds is 20. The maximum Gasteiger partial charge on any atom is 0.326 e. The lowest BCUT2D eigenvalue weighted by Gasteiger charge is -2.29. The standard InChI is InChI=1S/C27H51N9O10/c1-11(2)10-17(34-25(44)19(14(5)38)35-21(40)12(3)32-23(42)18(28)13(4)37)22(41)36-20(15(6)39)24(43)33-16(26(45)46)8-7-9-31-27(29)30/h11-20,37-39H,7-10,28H2,1-6H3,(H,32,42)(H,33,43)(H,34,44)(H,35,40)(H,36,41)(H,45,46)(H4,29,30,31)/t12-,13+,14+,15+,16-,17-,18-,19-,20-/m0/s1. The summed E-state index contributed by atoms with van der Waals surface area (Å²) in [5.74, 6) is -6.35. The van der Waals surface area contributed by atoms with Gasteiger partial charge in [-0.2, -0.15) is 0 Å². The van der Waals surface area contributed by atoms with Gasteiger partial charge in [-0.3, -0.25) is 29.0 Å². The summed E-state index contributed by atoms with van der Waals surface area (Å²) < 4.78 is 0. The smallest absolute Gasteiger partial charge is 0.326 e. The van der Waals surface area contributed by atoms with Gasteiger partial charge in [0.2, 0.25) is 29.5 Å². The van der Waals surface area contributed by atoms with E-state index in [1.54, 1.807) is 13.8 Å². The highest BCUT2D eigenvalue weighted by atomic mass is 16.4. The molecule has 0 aromatic carbocycles. The van der Waals surface area contributed by atoms with Crippen molar-refractivity contribution in [3.05, 3.63) is 0 Å². The first-order valence-electron chi connectivity index (χ1n) is 14.8. The largest absolute Gasteiger partial charge is 0.480 e. The molecular formula is C27H51N9O10. The van der Waals surface area contributed by atoms with Gasteiger partial charge < -0.3 is 64.2 Å². The van der Waals surface area contributed by atoms with E-state index in [1.165, 1.54) is 27.7 Å². The Morgan fingerprint density at radius 1 is 0.652 bits per heavy atom. The van der Waals surface area contributed by atoms with Gasteiger partial charge in [-0.1, -0.05) is 13.8 Å². The van der Waals surface area contributed by atoms with Gasteiger partial charge in [0.25, 0.3) is 0 Å². The average Bonchev–Trinajstić information content (AvgIpc) is 2.93. The zero-order valence-corrected chi connectivity index (χ0v) is 27.0. The van der Waals surface area contributed by atoms with Crippen LogP contribution in [0.15, 0.2) is 4.99 Å². The maximum atomic E-state index is 13.3. The minimum absolute atomic E-state index is 0.0262. The number of aliphatic hydroxyl groups excluding tert-OH is 3. The van der Waals surface area contributed by atoms with Crippen LogP contribution in [0.5, 0.6) is 0 Å². The number of carboxylic acid groups (broad SMARTS) is 1. The summed E-state index contributed by atoms with van der Waals surface area (Å²) in [5, 5.41) is 51.1. The van der Waals surface area contributed by atoms with Gasteiger partial charge in [0.1, 0.15) is 36.3 Å². The third-order valence-electron chi connectivity index (χ3n) is 6.60. The van der Waals surface area contributed by atoms with Crippen LogP contribution in [-0.2, 0) is 28.8 Å². The second kappa shape index (κ2) is 20.1. The lowest BCUT2D eigenvalue weighted by molar-refractivity contribution is -0.143. The topological polar surface area (TPSA) is 334 Å². The number of guanidine groups is 1. The van der Waals surface area contributed by atoms with Crippen LogP contribution in [-0.4, -0.2) is 123 Å². The summed E-state index contributed by atoms with van der Waals surface area (Å²) in [7, 11) is 0. The third kappa shape index (κ3) is 15.3. The zero-order chi connectivity index (χ0) is 35.9.